The molecule has 1 unspecified atom stereocenters. The van der Waals surface area contributed by atoms with Gasteiger partial charge in [0.05, 0.1) is 0 Å². The van der Waals surface area contributed by atoms with Crippen molar-refractivity contribution < 1.29 is 14.3 Å². The Kier molecular flexibility index (Phi) is 10.5. The van der Waals surface area contributed by atoms with Crippen molar-refractivity contribution in [2.45, 2.75) is 32.9 Å². The first-order valence-electron chi connectivity index (χ1n) is 11.7. The van der Waals surface area contributed by atoms with Crippen LogP contribution in [0.5, 0.6) is 5.75 Å². The number of nitrogens with zero attached hydrogens (tertiary/aromatic N) is 1. The fourth-order valence-electron chi connectivity index (χ4n) is 3.61. The van der Waals surface area contributed by atoms with Gasteiger partial charge in [-0.1, -0.05) is 91.1 Å². The van der Waals surface area contributed by atoms with Gasteiger partial charge in [-0.25, -0.2) is 0 Å². The molecule has 8 heteroatoms. The molecule has 190 valence electrons. The molecular weight excluding hydrogens is 519 g/mol. The number of nitrogens with one attached hydrogen (secondary N) is 1. The van der Waals surface area contributed by atoms with Crippen molar-refractivity contribution in [3.8, 4) is 5.75 Å². The number of hydrogen-bond donors (Lipinski definition) is 1. The van der Waals surface area contributed by atoms with Crippen LogP contribution in [0.15, 0.2) is 72.8 Å². The first-order valence-corrected chi connectivity index (χ1v) is 12.8. The van der Waals surface area contributed by atoms with Crippen LogP contribution in [0, 0.1) is 5.92 Å². The molecule has 3 aromatic carbocycles. The van der Waals surface area contributed by atoms with Crippen LogP contribution in [-0.4, -0.2) is 35.9 Å². The molecule has 0 radical (unpaired) electrons. The van der Waals surface area contributed by atoms with E-state index in [1.807, 2.05) is 44.2 Å². The zero-order valence-electron chi connectivity index (χ0n) is 20.2. The summed E-state index contributed by atoms with van der Waals surface area (Å²) in [5.74, 6) is 0.0634. The number of halogens is 3. The second-order valence-corrected chi connectivity index (χ2v) is 10.1. The minimum absolute atomic E-state index is 0.0445. The lowest BCUT2D eigenvalue weighted by Crippen LogP contribution is -2.52. The zero-order valence-corrected chi connectivity index (χ0v) is 22.5. The minimum Gasteiger partial charge on any atom is -0.484 e. The molecule has 36 heavy (non-hydrogen) atoms. The molecule has 0 aliphatic carbocycles. The Morgan fingerprint density at radius 3 is 2.22 bits per heavy atom. The summed E-state index contributed by atoms with van der Waals surface area (Å²) in [6, 6.07) is 20.7. The molecule has 0 aromatic heterocycles. The summed E-state index contributed by atoms with van der Waals surface area (Å²) >= 11 is 18.9. The molecule has 1 N–H and O–H groups in total. The van der Waals surface area contributed by atoms with Crippen molar-refractivity contribution in [2.75, 3.05) is 13.2 Å². The molecule has 0 bridgehead atoms. The second-order valence-electron chi connectivity index (χ2n) is 8.81. The Labute approximate surface area is 227 Å². The van der Waals surface area contributed by atoms with Gasteiger partial charge < -0.3 is 15.0 Å². The molecule has 5 nitrogen and oxygen atoms in total. The van der Waals surface area contributed by atoms with E-state index in [9.17, 15) is 9.59 Å². The SMILES string of the molecule is CC(C)CNC(=O)C(Cc1ccccc1)N(Cc1c(Cl)cccc1Cl)C(=O)COc1cccc(Cl)c1. The van der Waals surface area contributed by atoms with E-state index in [0.717, 1.165) is 5.56 Å². The van der Waals surface area contributed by atoms with E-state index < -0.39 is 6.04 Å². The number of carbonyl (C=O) groups is 2. The Hall–Kier alpha value is -2.73. The van der Waals surface area contributed by atoms with Gasteiger partial charge in [-0.15, -0.1) is 0 Å². The van der Waals surface area contributed by atoms with Crippen LogP contribution in [-0.2, 0) is 22.6 Å². The van der Waals surface area contributed by atoms with E-state index in [1.54, 1.807) is 42.5 Å². The van der Waals surface area contributed by atoms with Crippen molar-refractivity contribution in [3.05, 3.63) is 99.0 Å². The van der Waals surface area contributed by atoms with Crippen LogP contribution in [0.1, 0.15) is 25.0 Å². The number of benzene rings is 3. The molecule has 3 aromatic rings. The average molecular weight is 548 g/mol. The van der Waals surface area contributed by atoms with Gasteiger partial charge in [0.25, 0.3) is 5.91 Å². The maximum Gasteiger partial charge on any atom is 0.261 e. The van der Waals surface area contributed by atoms with Crippen LogP contribution in [0.2, 0.25) is 15.1 Å². The van der Waals surface area contributed by atoms with E-state index in [2.05, 4.69) is 5.32 Å². The molecule has 0 fully saturated rings. The van der Waals surface area contributed by atoms with Gasteiger partial charge in [0, 0.05) is 40.1 Å². The van der Waals surface area contributed by atoms with Crippen molar-refractivity contribution in [1.29, 1.82) is 0 Å². The van der Waals surface area contributed by atoms with E-state index in [0.29, 0.717) is 39.3 Å². The fraction of sp³-hybridized carbons (Fsp3) is 0.286. The number of ether oxygens (including phenoxy) is 1. The van der Waals surface area contributed by atoms with Gasteiger partial charge in [-0.3, -0.25) is 9.59 Å². The van der Waals surface area contributed by atoms with Gasteiger partial charge in [-0.05, 0) is 41.8 Å². The quantitative estimate of drug-likeness (QED) is 0.301. The highest BCUT2D eigenvalue weighted by Gasteiger charge is 2.31. The van der Waals surface area contributed by atoms with Crippen molar-refractivity contribution in [3.63, 3.8) is 0 Å². The molecule has 0 aliphatic heterocycles. The molecule has 0 saturated heterocycles. The summed E-state index contributed by atoms with van der Waals surface area (Å²) in [4.78, 5) is 28.5. The van der Waals surface area contributed by atoms with Crippen LogP contribution < -0.4 is 10.1 Å². The van der Waals surface area contributed by atoms with Crippen LogP contribution in [0.25, 0.3) is 0 Å². The van der Waals surface area contributed by atoms with Crippen LogP contribution in [0.3, 0.4) is 0 Å². The third kappa shape index (κ3) is 8.16. The first kappa shape index (κ1) is 27.9. The Morgan fingerprint density at radius 1 is 0.917 bits per heavy atom. The summed E-state index contributed by atoms with van der Waals surface area (Å²) in [6.45, 7) is 4.27. The van der Waals surface area contributed by atoms with Gasteiger partial charge in [0.15, 0.2) is 6.61 Å². The highest BCUT2D eigenvalue weighted by molar-refractivity contribution is 6.36. The third-order valence-corrected chi connectivity index (χ3v) is 6.45. The number of rotatable bonds is 11. The lowest BCUT2D eigenvalue weighted by Gasteiger charge is -2.32. The molecule has 3 rings (SSSR count). The molecule has 1 atom stereocenters. The van der Waals surface area contributed by atoms with E-state index in [1.165, 1.54) is 4.90 Å². The maximum atomic E-state index is 13.6. The smallest absolute Gasteiger partial charge is 0.261 e. The predicted molar refractivity (Wildman–Crippen MR) is 146 cm³/mol. The topological polar surface area (TPSA) is 58.6 Å². The van der Waals surface area contributed by atoms with E-state index in [-0.39, 0.29) is 30.9 Å². The standard InChI is InChI=1S/C28H29Cl3N2O3/c1-19(2)16-32-28(35)26(14-20-8-4-3-5-9-20)33(17-23-24(30)12-7-13-25(23)31)27(34)18-36-22-11-6-10-21(29)15-22/h3-13,15,19,26H,14,16-18H2,1-2H3,(H,32,35). The Balaban J connectivity index is 1.95. The van der Waals surface area contributed by atoms with E-state index >= 15 is 0 Å². The average Bonchev–Trinajstić information content (AvgIpc) is 2.85. The molecule has 0 aliphatic rings. The highest BCUT2D eigenvalue weighted by atomic mass is 35.5. The summed E-state index contributed by atoms with van der Waals surface area (Å²) in [7, 11) is 0. The van der Waals surface area contributed by atoms with E-state index in [4.69, 9.17) is 39.5 Å². The summed E-state index contributed by atoms with van der Waals surface area (Å²) < 4.78 is 5.73. The van der Waals surface area contributed by atoms with Gasteiger partial charge in [-0.2, -0.15) is 0 Å². The van der Waals surface area contributed by atoms with Gasteiger partial charge >= 0.3 is 0 Å². The lowest BCUT2D eigenvalue weighted by molar-refractivity contribution is -0.142. The van der Waals surface area contributed by atoms with Gasteiger partial charge in [0.1, 0.15) is 11.8 Å². The van der Waals surface area contributed by atoms with Crippen LogP contribution >= 0.6 is 34.8 Å². The largest absolute Gasteiger partial charge is 0.484 e. The monoisotopic (exact) mass is 546 g/mol. The lowest BCUT2D eigenvalue weighted by atomic mass is 10.0. The van der Waals surface area contributed by atoms with Gasteiger partial charge in [0.2, 0.25) is 5.91 Å². The Bertz CT molecular complexity index is 1150. The van der Waals surface area contributed by atoms with Crippen molar-refractivity contribution >= 4 is 46.6 Å². The molecule has 0 heterocycles. The second kappa shape index (κ2) is 13.5. The number of amides is 2. The third-order valence-electron chi connectivity index (χ3n) is 5.50. The van der Waals surface area contributed by atoms with Crippen molar-refractivity contribution in [1.82, 2.24) is 10.2 Å². The molecular formula is C28H29Cl3N2O3. The molecule has 2 amide bonds. The summed E-state index contributed by atoms with van der Waals surface area (Å²) in [5, 5.41) is 4.30. The van der Waals surface area contributed by atoms with Crippen molar-refractivity contribution in [2.24, 2.45) is 5.92 Å². The fourth-order valence-corrected chi connectivity index (χ4v) is 4.31. The number of carbonyl (C=O) groups excluding carboxylic acids is 2. The molecule has 0 spiro atoms. The molecule has 0 saturated carbocycles. The summed E-state index contributed by atoms with van der Waals surface area (Å²) in [5.41, 5.74) is 1.48. The number of hydrogen-bond acceptors (Lipinski definition) is 3. The normalized spacial score (nSPS) is 11.7. The maximum absolute atomic E-state index is 13.6. The summed E-state index contributed by atoms with van der Waals surface area (Å²) in [6.07, 6.45) is 0.315. The Morgan fingerprint density at radius 2 is 1.58 bits per heavy atom. The minimum atomic E-state index is -0.811. The predicted octanol–water partition coefficient (Wildman–Crippen LogP) is 6.44. The first-order chi connectivity index (χ1) is 17.2. The zero-order chi connectivity index (χ0) is 26.1. The highest BCUT2D eigenvalue weighted by Crippen LogP contribution is 2.27. The van der Waals surface area contributed by atoms with Crippen LogP contribution in [0.4, 0.5) is 0 Å².